The molecular formula is C13H11Cl2FN2O2S. The quantitative estimate of drug-likeness (QED) is 0.828. The summed E-state index contributed by atoms with van der Waals surface area (Å²) in [6, 6.07) is 6.30. The van der Waals surface area contributed by atoms with E-state index in [2.05, 4.69) is 4.72 Å². The Hall–Kier alpha value is -1.50. The Bertz CT molecular complexity index is 810. The molecule has 0 heterocycles. The zero-order chi connectivity index (χ0) is 15.8. The van der Waals surface area contributed by atoms with Crippen LogP contribution in [0.2, 0.25) is 10.0 Å². The smallest absolute Gasteiger partial charge is 0.262 e. The fraction of sp³-hybridized carbons (Fsp3) is 0.0769. The number of sulfonamides is 1. The molecule has 8 heteroatoms. The second kappa shape index (κ2) is 5.71. The topological polar surface area (TPSA) is 72.2 Å². The van der Waals surface area contributed by atoms with Crippen molar-refractivity contribution in [2.24, 2.45) is 0 Å². The van der Waals surface area contributed by atoms with Crippen molar-refractivity contribution in [2.75, 3.05) is 10.5 Å². The maximum absolute atomic E-state index is 13.7. The van der Waals surface area contributed by atoms with Crippen LogP contribution in [0.3, 0.4) is 0 Å². The van der Waals surface area contributed by atoms with Crippen molar-refractivity contribution in [1.29, 1.82) is 0 Å². The lowest BCUT2D eigenvalue weighted by atomic mass is 10.2. The predicted molar refractivity (Wildman–Crippen MR) is 82.8 cm³/mol. The Labute approximate surface area is 131 Å². The van der Waals surface area contributed by atoms with Crippen LogP contribution in [0.1, 0.15) is 5.56 Å². The first-order chi connectivity index (χ1) is 9.70. The highest BCUT2D eigenvalue weighted by Crippen LogP contribution is 2.28. The minimum atomic E-state index is -3.99. The van der Waals surface area contributed by atoms with Crippen LogP contribution in [0.25, 0.3) is 0 Å². The molecule has 0 unspecified atom stereocenters. The summed E-state index contributed by atoms with van der Waals surface area (Å²) in [7, 11) is -3.99. The highest BCUT2D eigenvalue weighted by atomic mass is 35.5. The molecule has 0 amide bonds. The number of rotatable bonds is 3. The molecule has 2 aromatic carbocycles. The van der Waals surface area contributed by atoms with E-state index >= 15 is 0 Å². The van der Waals surface area contributed by atoms with Crippen LogP contribution < -0.4 is 10.5 Å². The van der Waals surface area contributed by atoms with Gasteiger partial charge in [-0.2, -0.15) is 0 Å². The average molecular weight is 349 g/mol. The molecule has 4 nitrogen and oxygen atoms in total. The Kier molecular flexibility index (Phi) is 4.32. The molecule has 0 fully saturated rings. The van der Waals surface area contributed by atoms with Gasteiger partial charge >= 0.3 is 0 Å². The third-order valence-corrected chi connectivity index (χ3v) is 4.83. The molecule has 0 atom stereocenters. The van der Waals surface area contributed by atoms with Crippen LogP contribution in [0.5, 0.6) is 0 Å². The summed E-state index contributed by atoms with van der Waals surface area (Å²) >= 11 is 11.4. The number of hydrogen-bond acceptors (Lipinski definition) is 3. The predicted octanol–water partition coefficient (Wildman–Crippen LogP) is 3.82. The van der Waals surface area contributed by atoms with Crippen molar-refractivity contribution >= 4 is 44.6 Å². The van der Waals surface area contributed by atoms with E-state index in [9.17, 15) is 12.8 Å². The fourth-order valence-corrected chi connectivity index (χ4v) is 3.44. The highest BCUT2D eigenvalue weighted by molar-refractivity contribution is 7.92. The number of anilines is 2. The van der Waals surface area contributed by atoms with Gasteiger partial charge in [0.2, 0.25) is 0 Å². The summed E-state index contributed by atoms with van der Waals surface area (Å²) in [5, 5.41) is 0.423. The molecule has 0 saturated heterocycles. The van der Waals surface area contributed by atoms with Crippen LogP contribution in [0, 0.1) is 12.7 Å². The molecule has 0 aliphatic heterocycles. The van der Waals surface area contributed by atoms with Crippen molar-refractivity contribution < 1.29 is 12.8 Å². The largest absolute Gasteiger partial charge is 0.397 e. The van der Waals surface area contributed by atoms with Crippen LogP contribution in [-0.2, 0) is 10.0 Å². The first-order valence-electron chi connectivity index (χ1n) is 5.74. The van der Waals surface area contributed by atoms with E-state index in [0.717, 1.165) is 6.07 Å². The molecule has 112 valence electrons. The second-order valence-electron chi connectivity index (χ2n) is 4.37. The molecule has 0 aromatic heterocycles. The van der Waals surface area contributed by atoms with Crippen molar-refractivity contribution in [2.45, 2.75) is 11.8 Å². The second-order valence-corrected chi connectivity index (χ2v) is 6.86. The van der Waals surface area contributed by atoms with Crippen LogP contribution in [0.4, 0.5) is 15.8 Å². The van der Waals surface area contributed by atoms with Crippen LogP contribution >= 0.6 is 23.2 Å². The average Bonchev–Trinajstić information content (AvgIpc) is 2.37. The summed E-state index contributed by atoms with van der Waals surface area (Å²) in [4.78, 5) is -0.0706. The number of benzene rings is 2. The van der Waals surface area contributed by atoms with Gasteiger partial charge in [-0.3, -0.25) is 4.72 Å². The zero-order valence-electron chi connectivity index (χ0n) is 10.8. The van der Waals surface area contributed by atoms with E-state index in [1.807, 2.05) is 0 Å². The van der Waals surface area contributed by atoms with Crippen molar-refractivity contribution in [3.8, 4) is 0 Å². The van der Waals surface area contributed by atoms with Gasteiger partial charge in [-0.05, 0) is 42.8 Å². The van der Waals surface area contributed by atoms with Gasteiger partial charge in [-0.15, -0.1) is 0 Å². The first kappa shape index (κ1) is 15.9. The molecule has 2 rings (SSSR count). The molecule has 0 bridgehead atoms. The summed E-state index contributed by atoms with van der Waals surface area (Å²) in [5.41, 5.74) is 5.94. The lowest BCUT2D eigenvalue weighted by Gasteiger charge is -2.12. The molecule has 0 aliphatic rings. The lowest BCUT2D eigenvalue weighted by Crippen LogP contribution is -2.15. The van der Waals surface area contributed by atoms with Crippen LogP contribution in [0.15, 0.2) is 35.2 Å². The standard InChI is InChI=1S/C13H11Cl2FN2O2S/c1-7-4-9(15)11(17)6-13(7)21(19,20)18-12-3-2-8(14)5-10(12)16/h2-6,18H,17H2,1H3. The monoisotopic (exact) mass is 348 g/mol. The van der Waals surface area contributed by atoms with Gasteiger partial charge in [-0.1, -0.05) is 23.2 Å². The van der Waals surface area contributed by atoms with E-state index in [1.54, 1.807) is 6.92 Å². The van der Waals surface area contributed by atoms with E-state index in [1.165, 1.54) is 24.3 Å². The van der Waals surface area contributed by atoms with Crippen molar-refractivity contribution in [1.82, 2.24) is 0 Å². The maximum atomic E-state index is 13.7. The van der Waals surface area contributed by atoms with Crippen LogP contribution in [-0.4, -0.2) is 8.42 Å². The van der Waals surface area contributed by atoms with Gasteiger partial charge in [0, 0.05) is 5.02 Å². The number of aryl methyl sites for hydroxylation is 1. The third-order valence-electron chi connectivity index (χ3n) is 2.76. The fourth-order valence-electron chi connectivity index (χ4n) is 1.73. The minimum Gasteiger partial charge on any atom is -0.397 e. The molecule has 0 aliphatic carbocycles. The molecule has 0 saturated carbocycles. The highest BCUT2D eigenvalue weighted by Gasteiger charge is 2.20. The summed E-state index contributed by atoms with van der Waals surface area (Å²) < 4.78 is 40.5. The van der Waals surface area contributed by atoms with Crippen molar-refractivity contribution in [3.05, 3.63) is 51.8 Å². The molecule has 2 aromatic rings. The van der Waals surface area contributed by atoms with E-state index < -0.39 is 15.8 Å². The van der Waals surface area contributed by atoms with E-state index in [4.69, 9.17) is 28.9 Å². The summed E-state index contributed by atoms with van der Waals surface area (Å²) in [5.74, 6) is -0.773. The Morgan fingerprint density at radius 3 is 2.48 bits per heavy atom. The van der Waals surface area contributed by atoms with E-state index in [0.29, 0.717) is 5.56 Å². The molecular weight excluding hydrogens is 338 g/mol. The summed E-state index contributed by atoms with van der Waals surface area (Å²) in [6.45, 7) is 1.57. The number of nitrogen functional groups attached to an aromatic ring is 1. The SMILES string of the molecule is Cc1cc(Cl)c(N)cc1S(=O)(=O)Nc1ccc(Cl)cc1F. The number of nitrogens with one attached hydrogen (secondary N) is 1. The Balaban J connectivity index is 2.46. The molecule has 3 N–H and O–H groups in total. The normalized spacial score (nSPS) is 11.4. The summed E-state index contributed by atoms with van der Waals surface area (Å²) in [6.07, 6.45) is 0. The molecule has 0 spiro atoms. The zero-order valence-corrected chi connectivity index (χ0v) is 13.2. The molecule has 0 radical (unpaired) electrons. The Morgan fingerprint density at radius 2 is 1.86 bits per heavy atom. The van der Waals surface area contributed by atoms with Gasteiger partial charge in [0.1, 0.15) is 5.82 Å². The third kappa shape index (κ3) is 3.40. The number of nitrogens with two attached hydrogens (primary N) is 1. The minimum absolute atomic E-state index is 0.0706. The van der Waals surface area contributed by atoms with Crippen molar-refractivity contribution in [3.63, 3.8) is 0 Å². The van der Waals surface area contributed by atoms with Gasteiger partial charge < -0.3 is 5.73 Å². The Morgan fingerprint density at radius 1 is 1.19 bits per heavy atom. The molecule has 21 heavy (non-hydrogen) atoms. The van der Waals surface area contributed by atoms with Gasteiger partial charge in [0.15, 0.2) is 0 Å². The van der Waals surface area contributed by atoms with E-state index in [-0.39, 0.29) is 26.3 Å². The van der Waals surface area contributed by atoms with Gasteiger partial charge in [0.25, 0.3) is 10.0 Å². The first-order valence-corrected chi connectivity index (χ1v) is 7.98. The maximum Gasteiger partial charge on any atom is 0.262 e. The van der Waals surface area contributed by atoms with Gasteiger partial charge in [-0.25, -0.2) is 12.8 Å². The number of hydrogen-bond donors (Lipinski definition) is 2. The number of halogens is 3. The lowest BCUT2D eigenvalue weighted by molar-refractivity contribution is 0.598. The van der Waals surface area contributed by atoms with Gasteiger partial charge in [0.05, 0.1) is 21.3 Å².